The minimum atomic E-state index is -5.91. The molecule has 14 heteroatoms. The summed E-state index contributed by atoms with van der Waals surface area (Å²) in [4.78, 5) is 50.0. The number of rotatable bonds is 4. The molecule has 47 heavy (non-hydrogen) atoms. The van der Waals surface area contributed by atoms with Crippen LogP contribution in [0.1, 0.15) is 62.3 Å². The van der Waals surface area contributed by atoms with Gasteiger partial charge in [0.15, 0.2) is 23.1 Å². The van der Waals surface area contributed by atoms with Crippen molar-refractivity contribution in [3.8, 4) is 11.5 Å². The third kappa shape index (κ3) is 3.73. The lowest BCUT2D eigenvalue weighted by atomic mass is 9.88. The van der Waals surface area contributed by atoms with Crippen LogP contribution < -0.4 is 9.47 Å². The molecule has 3 aliphatic carbocycles. The highest BCUT2D eigenvalue weighted by Crippen LogP contribution is 2.67. The molecule has 0 aliphatic heterocycles. The van der Waals surface area contributed by atoms with E-state index in [4.69, 9.17) is 9.47 Å². The van der Waals surface area contributed by atoms with Crippen LogP contribution in [0.4, 0.5) is 26.3 Å². The molecule has 0 bridgehead atoms. The van der Waals surface area contributed by atoms with Crippen molar-refractivity contribution in [3.05, 3.63) is 79.6 Å². The van der Waals surface area contributed by atoms with Crippen LogP contribution in [0.25, 0.3) is 31.3 Å². The summed E-state index contributed by atoms with van der Waals surface area (Å²) < 4.78 is 106. The first-order chi connectivity index (χ1) is 22.0. The Bertz CT molecular complexity index is 2140. The van der Waals surface area contributed by atoms with Crippen LogP contribution >= 0.6 is 22.7 Å². The maximum Gasteiger partial charge on any atom is 0.380 e. The first kappa shape index (κ1) is 31.1. The molecule has 240 valence electrons. The molecular weight excluding hydrogens is 670 g/mol. The molecule has 0 fully saturated rings. The zero-order valence-electron chi connectivity index (χ0n) is 24.5. The van der Waals surface area contributed by atoms with Gasteiger partial charge in [0.25, 0.3) is 0 Å². The predicted octanol–water partition coefficient (Wildman–Crippen LogP) is 8.45. The van der Waals surface area contributed by atoms with E-state index in [1.54, 1.807) is 0 Å². The summed E-state index contributed by atoms with van der Waals surface area (Å²) in [5.41, 5.74) is -4.39. The fourth-order valence-corrected chi connectivity index (χ4v) is 9.23. The van der Waals surface area contributed by atoms with Gasteiger partial charge < -0.3 is 9.47 Å². The van der Waals surface area contributed by atoms with Crippen molar-refractivity contribution >= 4 is 77.1 Å². The number of ketones is 4. The third-order valence-corrected chi connectivity index (χ3v) is 11.3. The van der Waals surface area contributed by atoms with E-state index in [0.29, 0.717) is 22.7 Å². The van der Waals surface area contributed by atoms with E-state index in [-0.39, 0.29) is 65.1 Å². The number of aryl methyl sites for hydroxylation is 2. The average molecular weight is 689 g/mol. The van der Waals surface area contributed by atoms with Crippen LogP contribution in [-0.4, -0.2) is 55.1 Å². The second-order valence-electron chi connectivity index (χ2n) is 11.1. The number of carbonyl (C=O) groups excluding carboxylic acids is 4. The Kier molecular flexibility index (Phi) is 6.43. The topological polar surface area (TPSA) is 86.7 Å². The highest BCUT2D eigenvalue weighted by molar-refractivity contribution is 7.22. The molecule has 6 nitrogen and oxygen atoms in total. The second kappa shape index (κ2) is 9.73. The van der Waals surface area contributed by atoms with Crippen molar-refractivity contribution in [3.63, 3.8) is 0 Å². The van der Waals surface area contributed by atoms with Crippen molar-refractivity contribution in [2.24, 2.45) is 0 Å². The summed E-state index contributed by atoms with van der Waals surface area (Å²) >= 11 is 0.899. The van der Waals surface area contributed by atoms with E-state index in [0.717, 1.165) is 24.3 Å². The standard InChI is InChI=1S/C33H18F6O6S2/c1-11-21-23-13(15(40)5-7-17(23)42)9-19(44-3)29(21)46-27(11)25-26(32(36,37)33(38,39)31(25,34)35)28-12(2)22-24-14(16(41)6-8-18(24)43)10-20(45-4)30(22)47-28/h5-10H,1-4H3. The molecule has 2 heterocycles. The number of thiophene rings is 2. The van der Waals surface area contributed by atoms with Gasteiger partial charge in [0.05, 0.1) is 34.8 Å². The Morgan fingerprint density at radius 3 is 1.26 bits per heavy atom. The fraction of sp³-hybridized carbons (Fsp3) is 0.212. The number of hydrogen-bond donors (Lipinski definition) is 0. The van der Waals surface area contributed by atoms with Gasteiger partial charge in [-0.25, -0.2) is 0 Å². The van der Waals surface area contributed by atoms with Gasteiger partial charge in [-0.15, -0.1) is 22.7 Å². The normalized spacial score (nSPS) is 19.3. The number of carbonyl (C=O) groups is 4. The van der Waals surface area contributed by atoms with E-state index in [9.17, 15) is 19.2 Å². The van der Waals surface area contributed by atoms with Crippen LogP contribution in [0.15, 0.2) is 36.4 Å². The monoisotopic (exact) mass is 688 g/mol. The zero-order valence-corrected chi connectivity index (χ0v) is 26.1. The Morgan fingerprint density at radius 2 is 0.915 bits per heavy atom. The molecule has 0 N–H and O–H groups in total. The summed E-state index contributed by atoms with van der Waals surface area (Å²) in [7, 11) is 2.40. The summed E-state index contributed by atoms with van der Waals surface area (Å²) in [6, 6.07) is 2.43. The predicted molar refractivity (Wildman–Crippen MR) is 163 cm³/mol. The molecule has 0 saturated heterocycles. The third-order valence-electron chi connectivity index (χ3n) is 8.69. The highest BCUT2D eigenvalue weighted by Gasteiger charge is 2.81. The van der Waals surface area contributed by atoms with Crippen molar-refractivity contribution in [1.29, 1.82) is 0 Å². The largest absolute Gasteiger partial charge is 0.495 e. The molecule has 0 spiro atoms. The Balaban J connectivity index is 1.64. The van der Waals surface area contributed by atoms with Gasteiger partial charge in [-0.1, -0.05) is 0 Å². The van der Waals surface area contributed by atoms with E-state index >= 15 is 26.3 Å². The van der Waals surface area contributed by atoms with Gasteiger partial charge in [0.1, 0.15) is 11.5 Å². The number of alkyl halides is 6. The van der Waals surface area contributed by atoms with Gasteiger partial charge in [0.2, 0.25) is 0 Å². The summed E-state index contributed by atoms with van der Waals surface area (Å²) in [5.74, 6) is -19.4. The van der Waals surface area contributed by atoms with Gasteiger partial charge in [-0.2, -0.15) is 26.3 Å². The molecular formula is C33H18F6O6S2. The number of fused-ring (bicyclic) bond motifs is 6. The Hall–Kier alpha value is -4.56. The summed E-state index contributed by atoms with van der Waals surface area (Å²) in [6.07, 6.45) is 3.97. The molecule has 0 saturated carbocycles. The molecule has 3 aliphatic rings. The van der Waals surface area contributed by atoms with E-state index < -0.39 is 61.8 Å². The number of allylic oxidation sites excluding steroid dienone is 6. The van der Waals surface area contributed by atoms with Crippen LogP contribution in [0, 0.1) is 13.8 Å². The van der Waals surface area contributed by atoms with Gasteiger partial charge in [0, 0.05) is 42.8 Å². The summed E-state index contributed by atoms with van der Waals surface area (Å²) in [5, 5.41) is -0.133. The van der Waals surface area contributed by atoms with Crippen LogP contribution in [0.2, 0.25) is 0 Å². The number of ether oxygens (including phenoxy) is 2. The number of methoxy groups -OCH3 is 2. The lowest BCUT2D eigenvalue weighted by molar-refractivity contribution is -0.254. The maximum atomic E-state index is 16.0. The maximum absolute atomic E-state index is 16.0. The SMILES string of the molecule is COc1cc2c(c3c(C)c(C4=C(c5sc6c(OC)cc7c(c6c5C)C(=O)C=CC7=O)C(F)(F)C(F)(F)C4(F)F)sc13)C(=O)C=CC2=O. The van der Waals surface area contributed by atoms with Crippen LogP contribution in [0.3, 0.4) is 0 Å². The average Bonchev–Trinajstić information content (AvgIpc) is 3.57. The summed E-state index contributed by atoms with van der Waals surface area (Å²) in [6.45, 7) is 2.43. The van der Waals surface area contributed by atoms with Crippen molar-refractivity contribution < 1.29 is 55.0 Å². The minimum Gasteiger partial charge on any atom is -0.495 e. The van der Waals surface area contributed by atoms with E-state index in [2.05, 4.69) is 0 Å². The van der Waals surface area contributed by atoms with Gasteiger partial charge >= 0.3 is 17.8 Å². The quantitative estimate of drug-likeness (QED) is 0.200. The molecule has 2 aromatic heterocycles. The number of hydrogen-bond acceptors (Lipinski definition) is 8. The Morgan fingerprint density at radius 1 is 0.574 bits per heavy atom. The number of benzene rings is 2. The molecule has 4 aromatic rings. The lowest BCUT2D eigenvalue weighted by Gasteiger charge is -2.25. The first-order valence-electron chi connectivity index (χ1n) is 13.7. The molecule has 2 aromatic carbocycles. The van der Waals surface area contributed by atoms with Gasteiger partial charge in [-0.05, 0) is 61.4 Å². The fourth-order valence-electron chi connectivity index (χ4n) is 6.45. The first-order valence-corrected chi connectivity index (χ1v) is 15.4. The van der Waals surface area contributed by atoms with E-state index in [1.807, 2.05) is 0 Å². The zero-order chi connectivity index (χ0) is 34.1. The second-order valence-corrected chi connectivity index (χ2v) is 13.2. The molecule has 0 radical (unpaired) electrons. The van der Waals surface area contributed by atoms with E-state index in [1.165, 1.54) is 40.2 Å². The van der Waals surface area contributed by atoms with Crippen molar-refractivity contribution in [1.82, 2.24) is 0 Å². The Labute approximate surface area is 268 Å². The van der Waals surface area contributed by atoms with Crippen LogP contribution in [0.5, 0.6) is 11.5 Å². The van der Waals surface area contributed by atoms with Crippen LogP contribution in [-0.2, 0) is 0 Å². The van der Waals surface area contributed by atoms with Gasteiger partial charge in [-0.3, -0.25) is 19.2 Å². The smallest absolute Gasteiger partial charge is 0.380 e. The highest BCUT2D eigenvalue weighted by atomic mass is 32.1. The molecule has 0 atom stereocenters. The van der Waals surface area contributed by atoms with Crippen molar-refractivity contribution in [2.45, 2.75) is 31.6 Å². The minimum absolute atomic E-state index is 0.0103. The molecule has 0 amide bonds. The lowest BCUT2D eigenvalue weighted by Crippen LogP contribution is -2.48. The van der Waals surface area contributed by atoms with Crippen molar-refractivity contribution in [2.75, 3.05) is 14.2 Å². The number of halogens is 6. The molecule has 7 rings (SSSR count). The molecule has 0 unspecified atom stereocenters.